The minimum Gasteiger partial charge on any atom is -0.462 e. The van der Waals surface area contributed by atoms with Gasteiger partial charge in [0.2, 0.25) is 0 Å². The highest BCUT2D eigenvalue weighted by molar-refractivity contribution is 7.18. The molecule has 0 saturated carbocycles. The number of amides is 1. The van der Waals surface area contributed by atoms with Gasteiger partial charge in [0.15, 0.2) is 5.76 Å². The van der Waals surface area contributed by atoms with Gasteiger partial charge >= 0.3 is 5.97 Å². The molecule has 0 radical (unpaired) electrons. The number of fused-ring (bicyclic) bond motifs is 1. The van der Waals surface area contributed by atoms with Crippen LogP contribution in [0.2, 0.25) is 0 Å². The van der Waals surface area contributed by atoms with E-state index in [1.54, 1.807) is 41.7 Å². The summed E-state index contributed by atoms with van der Waals surface area (Å²) in [5.41, 5.74) is 2.69. The Morgan fingerprint density at radius 1 is 1.14 bits per heavy atom. The fourth-order valence-corrected chi connectivity index (χ4v) is 3.76. The first-order valence-corrected chi connectivity index (χ1v) is 9.89. The lowest BCUT2D eigenvalue weighted by Crippen LogP contribution is -2.13. The zero-order valence-electron chi connectivity index (χ0n) is 15.7. The summed E-state index contributed by atoms with van der Waals surface area (Å²) in [5.74, 6) is -0.618. The molecule has 2 aromatic heterocycles. The van der Waals surface area contributed by atoms with Crippen LogP contribution < -0.4 is 5.32 Å². The second-order valence-corrected chi connectivity index (χ2v) is 7.54. The third-order valence-corrected chi connectivity index (χ3v) is 5.45. The van der Waals surface area contributed by atoms with Crippen LogP contribution in [0.15, 0.2) is 65.3 Å². The number of benzene rings is 2. The van der Waals surface area contributed by atoms with Crippen molar-refractivity contribution in [2.45, 2.75) is 13.3 Å². The molecule has 7 heteroatoms. The molecule has 0 aliphatic carbocycles. The molecule has 0 aliphatic rings. The molecule has 4 rings (SSSR count). The number of carbonyl (C=O) groups excluding carboxylic acids is 2. The first-order valence-electron chi connectivity index (χ1n) is 9.07. The molecule has 2 aromatic carbocycles. The van der Waals surface area contributed by atoms with Crippen LogP contribution in [0.25, 0.3) is 10.2 Å². The van der Waals surface area contributed by atoms with Crippen LogP contribution in [-0.2, 0) is 11.2 Å². The monoisotopic (exact) mass is 406 g/mol. The van der Waals surface area contributed by atoms with Crippen molar-refractivity contribution in [3.05, 3.63) is 82.8 Å². The second kappa shape index (κ2) is 8.28. The van der Waals surface area contributed by atoms with Crippen LogP contribution in [0, 0.1) is 6.92 Å². The maximum absolute atomic E-state index is 12.4. The number of aromatic nitrogens is 1. The van der Waals surface area contributed by atoms with Crippen molar-refractivity contribution < 1.29 is 18.7 Å². The minimum atomic E-state index is -0.445. The first-order chi connectivity index (χ1) is 14.1. The van der Waals surface area contributed by atoms with Gasteiger partial charge in [-0.05, 0) is 48.9 Å². The Morgan fingerprint density at radius 2 is 2.00 bits per heavy atom. The molecule has 0 atom stereocenters. The number of rotatable bonds is 6. The van der Waals surface area contributed by atoms with E-state index in [-0.39, 0.29) is 18.3 Å². The van der Waals surface area contributed by atoms with Crippen molar-refractivity contribution >= 4 is 39.1 Å². The number of carbonyl (C=O) groups is 2. The lowest BCUT2D eigenvalue weighted by atomic mass is 10.1. The average molecular weight is 406 g/mol. The molecule has 6 nitrogen and oxygen atoms in total. The van der Waals surface area contributed by atoms with Gasteiger partial charge in [0.25, 0.3) is 5.91 Å². The highest BCUT2D eigenvalue weighted by atomic mass is 32.1. The van der Waals surface area contributed by atoms with Crippen LogP contribution >= 0.6 is 11.3 Å². The lowest BCUT2D eigenvalue weighted by molar-refractivity contribution is 0.0509. The van der Waals surface area contributed by atoms with Gasteiger partial charge in [-0.25, -0.2) is 9.78 Å². The van der Waals surface area contributed by atoms with E-state index in [4.69, 9.17) is 9.15 Å². The fraction of sp³-hybridized carbons (Fsp3) is 0.136. The number of hydrogen-bond donors (Lipinski definition) is 1. The van der Waals surface area contributed by atoms with E-state index in [0.29, 0.717) is 17.7 Å². The van der Waals surface area contributed by atoms with Crippen molar-refractivity contribution in [3.8, 4) is 0 Å². The standard InChI is InChI=1S/C22H18N2O4S/c1-14-8-9-15(13-17(14)24-21(25)18-6-4-11-27-18)22(26)28-12-10-20-23-16-5-2-3-7-19(16)29-20/h2-9,11,13H,10,12H2,1H3,(H,24,25). The highest BCUT2D eigenvalue weighted by Crippen LogP contribution is 2.22. The van der Waals surface area contributed by atoms with E-state index in [0.717, 1.165) is 20.8 Å². The van der Waals surface area contributed by atoms with Crippen LogP contribution in [0.3, 0.4) is 0 Å². The quantitative estimate of drug-likeness (QED) is 0.463. The average Bonchev–Trinajstić information content (AvgIpc) is 3.39. The Kier molecular flexibility index (Phi) is 5.39. The van der Waals surface area contributed by atoms with Gasteiger partial charge in [0.1, 0.15) is 0 Å². The maximum atomic E-state index is 12.4. The number of aryl methyl sites for hydroxylation is 1. The normalized spacial score (nSPS) is 10.8. The number of anilines is 1. The molecule has 0 saturated heterocycles. The summed E-state index contributed by atoms with van der Waals surface area (Å²) in [6.07, 6.45) is 1.99. The molecule has 2 heterocycles. The van der Waals surface area contributed by atoms with E-state index in [1.807, 2.05) is 31.2 Å². The number of thiazole rings is 1. The second-order valence-electron chi connectivity index (χ2n) is 6.42. The first kappa shape index (κ1) is 18.9. The molecule has 0 unspecified atom stereocenters. The smallest absolute Gasteiger partial charge is 0.338 e. The Balaban J connectivity index is 1.38. The van der Waals surface area contributed by atoms with Crippen molar-refractivity contribution in [1.82, 2.24) is 4.98 Å². The predicted molar refractivity (Wildman–Crippen MR) is 111 cm³/mol. The highest BCUT2D eigenvalue weighted by Gasteiger charge is 2.14. The van der Waals surface area contributed by atoms with E-state index in [2.05, 4.69) is 10.3 Å². The molecule has 29 heavy (non-hydrogen) atoms. The lowest BCUT2D eigenvalue weighted by Gasteiger charge is -2.10. The predicted octanol–water partition coefficient (Wildman–Crippen LogP) is 4.85. The van der Waals surface area contributed by atoms with Gasteiger partial charge in [-0.15, -0.1) is 11.3 Å². The number of para-hydroxylation sites is 1. The van der Waals surface area contributed by atoms with Crippen LogP contribution in [0.1, 0.15) is 31.5 Å². The topological polar surface area (TPSA) is 81.4 Å². The van der Waals surface area contributed by atoms with Gasteiger partial charge in [-0.3, -0.25) is 4.79 Å². The summed E-state index contributed by atoms with van der Waals surface area (Å²) in [7, 11) is 0. The van der Waals surface area contributed by atoms with Gasteiger partial charge in [0, 0.05) is 12.1 Å². The summed E-state index contributed by atoms with van der Waals surface area (Å²) in [4.78, 5) is 29.1. The molecular weight excluding hydrogens is 388 g/mol. The molecule has 4 aromatic rings. The Morgan fingerprint density at radius 3 is 2.79 bits per heavy atom. The maximum Gasteiger partial charge on any atom is 0.338 e. The van der Waals surface area contributed by atoms with E-state index in [9.17, 15) is 9.59 Å². The number of hydrogen-bond acceptors (Lipinski definition) is 6. The van der Waals surface area contributed by atoms with Crippen molar-refractivity contribution in [2.75, 3.05) is 11.9 Å². The number of furan rings is 1. The van der Waals surface area contributed by atoms with Crippen molar-refractivity contribution in [1.29, 1.82) is 0 Å². The third-order valence-electron chi connectivity index (χ3n) is 4.35. The molecule has 1 amide bonds. The molecule has 146 valence electrons. The van der Waals surface area contributed by atoms with E-state index in [1.165, 1.54) is 6.26 Å². The fourth-order valence-electron chi connectivity index (χ4n) is 2.82. The van der Waals surface area contributed by atoms with Crippen molar-refractivity contribution in [2.24, 2.45) is 0 Å². The Bertz CT molecular complexity index is 1130. The minimum absolute atomic E-state index is 0.202. The van der Waals surface area contributed by atoms with Gasteiger partial charge in [-0.2, -0.15) is 0 Å². The van der Waals surface area contributed by atoms with E-state index < -0.39 is 5.97 Å². The Hall–Kier alpha value is -3.45. The third kappa shape index (κ3) is 4.35. The summed E-state index contributed by atoms with van der Waals surface area (Å²) in [6.45, 7) is 2.08. The zero-order valence-corrected chi connectivity index (χ0v) is 16.5. The van der Waals surface area contributed by atoms with Crippen molar-refractivity contribution in [3.63, 3.8) is 0 Å². The van der Waals surface area contributed by atoms with Crippen LogP contribution in [-0.4, -0.2) is 23.5 Å². The molecule has 0 bridgehead atoms. The number of nitrogens with zero attached hydrogens (tertiary/aromatic N) is 1. The summed E-state index contributed by atoms with van der Waals surface area (Å²) in [6, 6.07) is 16.2. The van der Waals surface area contributed by atoms with Gasteiger partial charge in [0.05, 0.1) is 33.7 Å². The van der Waals surface area contributed by atoms with Crippen LogP contribution in [0.5, 0.6) is 0 Å². The zero-order chi connectivity index (χ0) is 20.2. The number of ether oxygens (including phenoxy) is 1. The number of esters is 1. The SMILES string of the molecule is Cc1ccc(C(=O)OCCc2nc3ccccc3s2)cc1NC(=O)c1ccco1. The van der Waals surface area contributed by atoms with Gasteiger partial charge in [-0.1, -0.05) is 18.2 Å². The Labute approximate surface area is 171 Å². The molecular formula is C22H18N2O4S. The van der Waals surface area contributed by atoms with Gasteiger partial charge < -0.3 is 14.5 Å². The largest absolute Gasteiger partial charge is 0.462 e. The number of nitrogens with one attached hydrogen (secondary N) is 1. The molecule has 0 fully saturated rings. The summed E-state index contributed by atoms with van der Waals surface area (Å²) < 4.78 is 11.6. The summed E-state index contributed by atoms with van der Waals surface area (Å²) in [5, 5.41) is 3.68. The summed E-state index contributed by atoms with van der Waals surface area (Å²) >= 11 is 1.60. The molecule has 0 aliphatic heterocycles. The van der Waals surface area contributed by atoms with Crippen LogP contribution in [0.4, 0.5) is 5.69 Å². The molecule has 1 N–H and O–H groups in total. The van der Waals surface area contributed by atoms with E-state index >= 15 is 0 Å². The molecule has 0 spiro atoms.